The third kappa shape index (κ3) is 4.46. The second-order valence-corrected chi connectivity index (χ2v) is 8.14. The molecule has 0 spiro atoms. The zero-order chi connectivity index (χ0) is 20.1. The molecule has 0 aromatic heterocycles. The van der Waals surface area contributed by atoms with Gasteiger partial charge in [0.25, 0.3) is 0 Å². The quantitative estimate of drug-likeness (QED) is 0.597. The lowest BCUT2D eigenvalue weighted by atomic mass is 10.1. The van der Waals surface area contributed by atoms with Gasteiger partial charge >= 0.3 is 0 Å². The first-order valence-corrected chi connectivity index (χ1v) is 10.8. The summed E-state index contributed by atoms with van der Waals surface area (Å²) in [4.78, 5) is 0.244. The van der Waals surface area contributed by atoms with Gasteiger partial charge in [-0.05, 0) is 61.4 Å². The van der Waals surface area contributed by atoms with Gasteiger partial charge in [0.1, 0.15) is 0 Å². The third-order valence-electron chi connectivity index (χ3n) is 4.43. The van der Waals surface area contributed by atoms with Crippen LogP contribution in [0, 0.1) is 0 Å². The first kappa shape index (κ1) is 20.2. The zero-order valence-corrected chi connectivity index (χ0v) is 17.1. The van der Waals surface area contributed by atoms with Gasteiger partial charge in [-0.25, -0.2) is 13.1 Å². The average molecular weight is 400 g/mol. The molecule has 28 heavy (non-hydrogen) atoms. The van der Waals surface area contributed by atoms with E-state index in [1.54, 1.807) is 12.1 Å². The summed E-state index contributed by atoms with van der Waals surface area (Å²) >= 11 is 0. The van der Waals surface area contributed by atoms with Crippen LogP contribution >= 0.6 is 0 Å². The molecule has 0 saturated heterocycles. The molecule has 6 heteroatoms. The molecule has 3 aromatic carbocycles. The highest BCUT2D eigenvalue weighted by Gasteiger charge is 2.20. The van der Waals surface area contributed by atoms with Gasteiger partial charge in [0.05, 0.1) is 18.1 Å². The second kappa shape index (κ2) is 8.63. The van der Waals surface area contributed by atoms with Crippen molar-refractivity contribution >= 4 is 20.8 Å². The van der Waals surface area contributed by atoms with Gasteiger partial charge in [-0.15, -0.1) is 0 Å². The largest absolute Gasteiger partial charge is 0.490 e. The second-order valence-electron chi connectivity index (χ2n) is 6.42. The molecule has 5 nitrogen and oxygen atoms in total. The number of sulfonamides is 1. The lowest BCUT2D eigenvalue weighted by molar-refractivity contribution is 0.287. The van der Waals surface area contributed by atoms with E-state index >= 15 is 0 Å². The Hall–Kier alpha value is -2.57. The third-order valence-corrected chi connectivity index (χ3v) is 5.97. The summed E-state index contributed by atoms with van der Waals surface area (Å²) in [5.74, 6) is 1.26. The average Bonchev–Trinajstić information content (AvgIpc) is 2.69. The minimum atomic E-state index is -3.67. The first-order chi connectivity index (χ1) is 13.4. The number of rotatable bonds is 8. The number of nitrogens with one attached hydrogen (secondary N) is 1. The van der Waals surface area contributed by atoms with Crippen LogP contribution in [0.5, 0.6) is 11.5 Å². The summed E-state index contributed by atoms with van der Waals surface area (Å²) < 4.78 is 39.7. The molecular formula is C22H25NO4S. The summed E-state index contributed by atoms with van der Waals surface area (Å²) in [6.07, 6.45) is 0. The van der Waals surface area contributed by atoms with Crippen LogP contribution in [0.15, 0.2) is 65.6 Å². The Morgan fingerprint density at radius 1 is 0.857 bits per heavy atom. The minimum Gasteiger partial charge on any atom is -0.490 e. The Morgan fingerprint density at radius 3 is 2.25 bits per heavy atom. The van der Waals surface area contributed by atoms with Crippen molar-refractivity contribution in [3.63, 3.8) is 0 Å². The lowest BCUT2D eigenvalue weighted by Gasteiger charge is -2.18. The molecule has 148 valence electrons. The van der Waals surface area contributed by atoms with Gasteiger partial charge in [-0.2, -0.15) is 0 Å². The minimum absolute atomic E-state index is 0.244. The molecule has 0 aliphatic carbocycles. The van der Waals surface area contributed by atoms with Crippen molar-refractivity contribution < 1.29 is 17.9 Å². The fourth-order valence-corrected chi connectivity index (χ4v) is 4.31. The highest BCUT2D eigenvalue weighted by Crippen LogP contribution is 2.31. The van der Waals surface area contributed by atoms with Gasteiger partial charge in [0.15, 0.2) is 11.5 Å². The summed E-state index contributed by atoms with van der Waals surface area (Å²) in [7, 11) is -3.67. The molecule has 0 bridgehead atoms. The number of hydrogen-bond donors (Lipinski definition) is 1. The molecular weight excluding hydrogens is 374 g/mol. The van der Waals surface area contributed by atoms with Crippen LogP contribution in [-0.4, -0.2) is 21.6 Å². The van der Waals surface area contributed by atoms with E-state index in [0.717, 1.165) is 16.3 Å². The molecule has 0 radical (unpaired) electrons. The number of benzene rings is 3. The molecule has 3 aromatic rings. The van der Waals surface area contributed by atoms with Gasteiger partial charge in [-0.1, -0.05) is 36.4 Å². The van der Waals surface area contributed by atoms with E-state index in [9.17, 15) is 8.42 Å². The highest BCUT2D eigenvalue weighted by molar-refractivity contribution is 7.89. The Morgan fingerprint density at radius 2 is 1.54 bits per heavy atom. The molecule has 0 amide bonds. The van der Waals surface area contributed by atoms with Crippen LogP contribution in [0.3, 0.4) is 0 Å². The molecule has 0 heterocycles. The fourth-order valence-electron chi connectivity index (χ4n) is 3.04. The van der Waals surface area contributed by atoms with Gasteiger partial charge in [-0.3, -0.25) is 0 Å². The molecule has 0 fully saturated rings. The Bertz CT molecular complexity index is 1060. The van der Waals surface area contributed by atoms with Crippen molar-refractivity contribution in [2.75, 3.05) is 13.2 Å². The predicted molar refractivity (Wildman–Crippen MR) is 111 cm³/mol. The van der Waals surface area contributed by atoms with E-state index in [0.29, 0.717) is 24.7 Å². The number of ether oxygens (including phenoxy) is 2. The van der Waals surface area contributed by atoms with Crippen molar-refractivity contribution in [3.05, 3.63) is 66.2 Å². The van der Waals surface area contributed by atoms with Crippen molar-refractivity contribution in [1.29, 1.82) is 0 Å². The molecule has 0 unspecified atom stereocenters. The first-order valence-electron chi connectivity index (χ1n) is 9.35. The summed E-state index contributed by atoms with van der Waals surface area (Å²) in [6.45, 7) is 6.65. The number of fused-ring (bicyclic) bond motifs is 1. The maximum atomic E-state index is 12.9. The molecule has 1 atom stereocenters. The van der Waals surface area contributed by atoms with Crippen LogP contribution in [0.2, 0.25) is 0 Å². The molecule has 0 aliphatic heterocycles. The summed E-state index contributed by atoms with van der Waals surface area (Å²) in [5, 5.41) is 1.89. The van der Waals surface area contributed by atoms with E-state index < -0.39 is 16.1 Å². The van der Waals surface area contributed by atoms with E-state index in [-0.39, 0.29) is 4.90 Å². The van der Waals surface area contributed by atoms with Crippen LogP contribution in [0.1, 0.15) is 32.4 Å². The van der Waals surface area contributed by atoms with Gasteiger partial charge < -0.3 is 9.47 Å². The van der Waals surface area contributed by atoms with Crippen LogP contribution in [-0.2, 0) is 10.0 Å². The topological polar surface area (TPSA) is 64.6 Å². The van der Waals surface area contributed by atoms with Crippen molar-refractivity contribution in [1.82, 2.24) is 4.72 Å². The van der Waals surface area contributed by atoms with E-state index in [1.165, 1.54) is 0 Å². The molecule has 3 rings (SSSR count). The normalized spacial score (nSPS) is 12.7. The Balaban J connectivity index is 1.85. The predicted octanol–water partition coefficient (Wildman–Crippen LogP) is 4.68. The standard InChI is InChI=1S/C22H25NO4S/c1-4-26-21-13-11-18(15-22(21)27-5-2)16(3)23-28(24,25)20-12-10-17-8-6-7-9-19(17)14-20/h6-16,23H,4-5H2,1-3H3/t16-/m1/s1. The highest BCUT2D eigenvalue weighted by atomic mass is 32.2. The molecule has 0 aliphatic rings. The molecule has 1 N–H and O–H groups in total. The van der Waals surface area contributed by atoms with Crippen molar-refractivity contribution in [2.24, 2.45) is 0 Å². The fraction of sp³-hybridized carbons (Fsp3) is 0.273. The van der Waals surface area contributed by atoms with Crippen LogP contribution < -0.4 is 14.2 Å². The maximum absolute atomic E-state index is 12.9. The summed E-state index contributed by atoms with van der Waals surface area (Å²) in [6, 6.07) is 17.9. The Kier molecular flexibility index (Phi) is 6.21. The maximum Gasteiger partial charge on any atom is 0.241 e. The van der Waals surface area contributed by atoms with Crippen molar-refractivity contribution in [3.8, 4) is 11.5 Å². The van der Waals surface area contributed by atoms with Gasteiger partial charge in [0, 0.05) is 6.04 Å². The molecule has 0 saturated carbocycles. The zero-order valence-electron chi connectivity index (χ0n) is 16.3. The Labute approximate surface area is 166 Å². The van der Waals surface area contributed by atoms with E-state index in [4.69, 9.17) is 9.47 Å². The summed E-state index contributed by atoms with van der Waals surface area (Å²) in [5.41, 5.74) is 0.802. The van der Waals surface area contributed by atoms with E-state index in [2.05, 4.69) is 4.72 Å². The van der Waals surface area contributed by atoms with Crippen LogP contribution in [0.25, 0.3) is 10.8 Å². The van der Waals surface area contributed by atoms with Crippen molar-refractivity contribution in [2.45, 2.75) is 31.7 Å². The van der Waals surface area contributed by atoms with E-state index in [1.807, 2.05) is 69.3 Å². The SMILES string of the molecule is CCOc1ccc([C@@H](C)NS(=O)(=O)c2ccc3ccccc3c2)cc1OCC. The monoisotopic (exact) mass is 399 g/mol. The van der Waals surface area contributed by atoms with Gasteiger partial charge in [0.2, 0.25) is 10.0 Å². The smallest absolute Gasteiger partial charge is 0.241 e. The lowest BCUT2D eigenvalue weighted by Crippen LogP contribution is -2.27. The number of hydrogen-bond acceptors (Lipinski definition) is 4. The van der Waals surface area contributed by atoms with Crippen LogP contribution in [0.4, 0.5) is 0 Å².